The first-order chi connectivity index (χ1) is 44.6. The molecule has 0 atom stereocenters. The van der Waals surface area contributed by atoms with Crippen LogP contribution in [0.15, 0.2) is 336 Å². The van der Waals surface area contributed by atoms with Gasteiger partial charge in [0.1, 0.15) is 22.3 Å². The van der Waals surface area contributed by atoms with Gasteiger partial charge in [-0.15, -0.1) is 0 Å². The second kappa shape index (κ2) is 20.8. The number of anilines is 6. The fraction of sp³-hybridized carbons (Fsp3) is 0. The van der Waals surface area contributed by atoms with Gasteiger partial charge in [-0.25, -0.2) is 0 Å². The molecule has 0 radical (unpaired) electrons. The number of benzene rings is 14. The first-order valence-electron chi connectivity index (χ1n) is 30.6. The van der Waals surface area contributed by atoms with Gasteiger partial charge in [0.25, 0.3) is 0 Å². The molecule has 4 heterocycles. The molecule has 0 fully saturated rings. The van der Waals surface area contributed by atoms with Crippen LogP contribution < -0.4 is 9.80 Å². The molecule has 18 rings (SSSR count). The number of fused-ring (bicyclic) bond motifs is 12. The van der Waals surface area contributed by atoms with Crippen molar-refractivity contribution in [3.05, 3.63) is 328 Å². The molecule has 6 heteroatoms. The molecule has 0 aliphatic heterocycles. The highest BCUT2D eigenvalue weighted by atomic mass is 16.3. The molecule has 4 aromatic heterocycles. The van der Waals surface area contributed by atoms with Gasteiger partial charge >= 0.3 is 0 Å². The standard InChI is InChI=1S/C84H54N4O2/c1-7-22-77-69(14-1)70-15-2-8-23-78(70)87(77)66-49-45-64(46-50-66)86(65-47-51-67(52-48-65)88-79-24-9-3-16-71(79)72-17-4-10-25-80(72)88)61-39-30-56(31-40-61)55-28-37-60(38-29-55)85(62-41-32-57(33-42-62)59-36-53-75-73-18-5-11-26-81(73)89-83(75)54-59)63-43-34-58(35-44-63)68-20-13-21-76-74-19-6-12-27-82(74)90-84(68)76/h1-54H. The summed E-state index contributed by atoms with van der Waals surface area (Å²) in [6.45, 7) is 0. The maximum Gasteiger partial charge on any atom is 0.143 e. The van der Waals surface area contributed by atoms with Gasteiger partial charge in [0.2, 0.25) is 0 Å². The Morgan fingerprint density at radius 1 is 0.211 bits per heavy atom. The van der Waals surface area contributed by atoms with Gasteiger partial charge < -0.3 is 27.8 Å². The van der Waals surface area contributed by atoms with Crippen LogP contribution in [-0.2, 0) is 0 Å². The lowest BCUT2D eigenvalue weighted by atomic mass is 10.0. The van der Waals surface area contributed by atoms with Gasteiger partial charge in [-0.3, -0.25) is 0 Å². The minimum absolute atomic E-state index is 0.883. The van der Waals surface area contributed by atoms with Crippen LogP contribution in [0.4, 0.5) is 34.1 Å². The van der Waals surface area contributed by atoms with Crippen molar-refractivity contribution in [2.45, 2.75) is 0 Å². The van der Waals surface area contributed by atoms with E-state index < -0.39 is 0 Å². The van der Waals surface area contributed by atoms with Crippen molar-refractivity contribution in [1.82, 2.24) is 9.13 Å². The lowest BCUT2D eigenvalue weighted by molar-refractivity contribution is 0.669. The summed E-state index contributed by atoms with van der Waals surface area (Å²) in [7, 11) is 0. The predicted molar refractivity (Wildman–Crippen MR) is 375 cm³/mol. The minimum Gasteiger partial charge on any atom is -0.456 e. The van der Waals surface area contributed by atoms with E-state index in [9.17, 15) is 0 Å². The Hall–Kier alpha value is -12.1. The van der Waals surface area contributed by atoms with Gasteiger partial charge in [0.15, 0.2) is 0 Å². The highest BCUT2D eigenvalue weighted by Gasteiger charge is 2.20. The fourth-order valence-electron chi connectivity index (χ4n) is 13.9. The molecule has 0 spiro atoms. The SMILES string of the molecule is c1ccc2c(c1)oc1cc(-c3ccc(N(c4ccc(-c5ccc(N(c6ccc(-n7c8ccccc8c8ccccc87)cc6)c6ccc(-n7c8ccccc8c8ccccc87)cc6)cc5)cc4)c4ccc(-c5cccc6c5oc5ccccc56)cc4)cc3)ccc12. The predicted octanol–water partition coefficient (Wildman–Crippen LogP) is 23.6. The van der Waals surface area contributed by atoms with Gasteiger partial charge in [0, 0.05) is 94.2 Å². The minimum atomic E-state index is 0.883. The molecule has 422 valence electrons. The summed E-state index contributed by atoms with van der Waals surface area (Å²) in [4.78, 5) is 4.70. The Morgan fingerprint density at radius 3 is 0.956 bits per heavy atom. The summed E-state index contributed by atoms with van der Waals surface area (Å²) in [6.07, 6.45) is 0. The average Bonchev–Trinajstić information content (AvgIpc) is 1.71. The molecule has 0 unspecified atom stereocenters. The fourth-order valence-corrected chi connectivity index (χ4v) is 13.9. The van der Waals surface area contributed by atoms with Crippen molar-refractivity contribution >= 4 is 122 Å². The molecule has 0 N–H and O–H groups in total. The Morgan fingerprint density at radius 2 is 0.522 bits per heavy atom. The summed E-state index contributed by atoms with van der Waals surface area (Å²) >= 11 is 0. The van der Waals surface area contributed by atoms with Gasteiger partial charge in [-0.1, -0.05) is 182 Å². The van der Waals surface area contributed by atoms with E-state index in [2.05, 4.69) is 322 Å². The number of rotatable bonds is 11. The van der Waals surface area contributed by atoms with E-state index in [0.717, 1.165) is 123 Å². The number of para-hydroxylation sites is 7. The molecule has 0 aliphatic rings. The summed E-state index contributed by atoms with van der Waals surface area (Å²) in [5.74, 6) is 0. The van der Waals surface area contributed by atoms with E-state index in [1.807, 2.05) is 24.3 Å². The quantitative estimate of drug-likeness (QED) is 0.129. The molecule has 0 amide bonds. The van der Waals surface area contributed by atoms with E-state index >= 15 is 0 Å². The first-order valence-corrected chi connectivity index (χ1v) is 30.6. The van der Waals surface area contributed by atoms with E-state index in [-0.39, 0.29) is 0 Å². The van der Waals surface area contributed by atoms with Crippen LogP contribution >= 0.6 is 0 Å². The van der Waals surface area contributed by atoms with Crippen LogP contribution in [0.1, 0.15) is 0 Å². The molecule has 18 aromatic rings. The molecule has 14 aromatic carbocycles. The van der Waals surface area contributed by atoms with Crippen LogP contribution in [-0.4, -0.2) is 9.13 Å². The van der Waals surface area contributed by atoms with Crippen molar-refractivity contribution in [3.8, 4) is 44.8 Å². The van der Waals surface area contributed by atoms with Crippen molar-refractivity contribution in [2.24, 2.45) is 0 Å². The number of aromatic nitrogens is 2. The Kier molecular flexibility index (Phi) is 11.8. The van der Waals surface area contributed by atoms with Crippen molar-refractivity contribution < 1.29 is 8.83 Å². The largest absolute Gasteiger partial charge is 0.456 e. The third-order valence-electron chi connectivity index (χ3n) is 18.2. The number of nitrogens with zero attached hydrogens (tertiary/aromatic N) is 4. The van der Waals surface area contributed by atoms with Gasteiger partial charge in [-0.2, -0.15) is 0 Å². The number of furan rings is 2. The maximum atomic E-state index is 6.50. The Labute approximate surface area is 518 Å². The van der Waals surface area contributed by atoms with Crippen LogP contribution in [0.3, 0.4) is 0 Å². The van der Waals surface area contributed by atoms with E-state index in [1.165, 1.54) is 43.6 Å². The topological polar surface area (TPSA) is 42.6 Å². The van der Waals surface area contributed by atoms with Crippen molar-refractivity contribution in [1.29, 1.82) is 0 Å². The molecule has 0 saturated heterocycles. The molecule has 0 aliphatic carbocycles. The average molecular weight is 1150 g/mol. The number of hydrogen-bond donors (Lipinski definition) is 0. The van der Waals surface area contributed by atoms with Crippen LogP contribution in [0, 0.1) is 0 Å². The first kappa shape index (κ1) is 51.1. The smallest absolute Gasteiger partial charge is 0.143 e. The van der Waals surface area contributed by atoms with Crippen LogP contribution in [0.5, 0.6) is 0 Å². The molecular weight excluding hydrogens is 1100 g/mol. The summed E-state index contributed by atoms with van der Waals surface area (Å²) < 4.78 is 17.6. The second-order valence-electron chi connectivity index (χ2n) is 23.2. The Balaban J connectivity index is 0.696. The molecular formula is C84H54N4O2. The third-order valence-corrected chi connectivity index (χ3v) is 18.2. The van der Waals surface area contributed by atoms with Crippen molar-refractivity contribution in [3.63, 3.8) is 0 Å². The lowest BCUT2D eigenvalue weighted by Gasteiger charge is -2.27. The van der Waals surface area contributed by atoms with Gasteiger partial charge in [0.05, 0.1) is 22.1 Å². The highest BCUT2D eigenvalue weighted by molar-refractivity contribution is 6.12. The summed E-state index contributed by atoms with van der Waals surface area (Å²) in [5, 5.41) is 9.46. The molecule has 0 saturated carbocycles. The zero-order valence-electron chi connectivity index (χ0n) is 48.8. The summed E-state index contributed by atoms with van der Waals surface area (Å²) in [6, 6.07) is 118. The monoisotopic (exact) mass is 1150 g/mol. The molecule has 6 nitrogen and oxygen atoms in total. The molecule has 0 bridgehead atoms. The third kappa shape index (κ3) is 8.41. The van der Waals surface area contributed by atoms with Gasteiger partial charge in [-0.05, 0) is 173 Å². The lowest BCUT2D eigenvalue weighted by Crippen LogP contribution is -2.10. The van der Waals surface area contributed by atoms with Crippen molar-refractivity contribution in [2.75, 3.05) is 9.80 Å². The van der Waals surface area contributed by atoms with E-state index in [4.69, 9.17) is 8.83 Å². The zero-order valence-corrected chi connectivity index (χ0v) is 48.8. The maximum absolute atomic E-state index is 6.50. The van der Waals surface area contributed by atoms with E-state index in [0.29, 0.717) is 0 Å². The van der Waals surface area contributed by atoms with Crippen LogP contribution in [0.2, 0.25) is 0 Å². The Bertz CT molecular complexity index is 5490. The highest BCUT2D eigenvalue weighted by Crippen LogP contribution is 2.44. The summed E-state index contributed by atoms with van der Waals surface area (Å²) in [5.41, 5.74) is 23.4. The molecule has 90 heavy (non-hydrogen) atoms. The zero-order chi connectivity index (χ0) is 59.2. The van der Waals surface area contributed by atoms with Crippen LogP contribution in [0.25, 0.3) is 132 Å². The number of hydrogen-bond acceptors (Lipinski definition) is 4. The second-order valence-corrected chi connectivity index (χ2v) is 23.2. The normalized spacial score (nSPS) is 11.8. The van der Waals surface area contributed by atoms with E-state index in [1.54, 1.807) is 0 Å².